The molecule has 1 fully saturated rings. The fourth-order valence-corrected chi connectivity index (χ4v) is 4.24. The smallest absolute Gasteiger partial charge is 0.0224 e. The standard InChI is InChI=1S/C20H24Br2N2/c21-17-9-3-1-7-15(17)13-23-19-11-5-6-12-20(19)24-14-16-8-2-4-10-18(16)22/h1-4,7-10,19-20,23-24H,5-6,11-14H2/t19-,20-/m1/s1. The van der Waals surface area contributed by atoms with Gasteiger partial charge in [0.15, 0.2) is 0 Å². The lowest BCUT2D eigenvalue weighted by Gasteiger charge is -2.33. The molecule has 128 valence electrons. The molecule has 2 N–H and O–H groups in total. The normalized spacial score (nSPS) is 20.9. The van der Waals surface area contributed by atoms with Crippen LogP contribution in [-0.2, 0) is 13.1 Å². The molecule has 0 radical (unpaired) electrons. The fraction of sp³-hybridized carbons (Fsp3) is 0.400. The van der Waals surface area contributed by atoms with Gasteiger partial charge in [-0.3, -0.25) is 0 Å². The Morgan fingerprint density at radius 1 is 0.708 bits per heavy atom. The summed E-state index contributed by atoms with van der Waals surface area (Å²) in [7, 11) is 0. The number of halogens is 2. The van der Waals surface area contributed by atoms with Crippen molar-refractivity contribution in [2.75, 3.05) is 0 Å². The van der Waals surface area contributed by atoms with Crippen LogP contribution < -0.4 is 10.6 Å². The van der Waals surface area contributed by atoms with E-state index in [0.29, 0.717) is 12.1 Å². The van der Waals surface area contributed by atoms with E-state index in [1.807, 2.05) is 0 Å². The summed E-state index contributed by atoms with van der Waals surface area (Å²) in [5.41, 5.74) is 2.65. The quantitative estimate of drug-likeness (QED) is 0.614. The zero-order valence-electron chi connectivity index (χ0n) is 13.8. The predicted octanol–water partition coefficient (Wildman–Crippen LogP) is 5.40. The lowest BCUT2D eigenvalue weighted by molar-refractivity contribution is 0.281. The van der Waals surface area contributed by atoms with Crippen LogP contribution in [0.1, 0.15) is 36.8 Å². The number of rotatable bonds is 6. The van der Waals surface area contributed by atoms with Gasteiger partial charge in [0.2, 0.25) is 0 Å². The van der Waals surface area contributed by atoms with Crippen LogP contribution in [0.5, 0.6) is 0 Å². The van der Waals surface area contributed by atoms with Gasteiger partial charge < -0.3 is 10.6 Å². The second-order valence-corrected chi connectivity index (χ2v) is 8.15. The van der Waals surface area contributed by atoms with Crippen LogP contribution in [0.15, 0.2) is 57.5 Å². The van der Waals surface area contributed by atoms with Gasteiger partial charge in [-0.25, -0.2) is 0 Å². The monoisotopic (exact) mass is 450 g/mol. The van der Waals surface area contributed by atoms with Crippen LogP contribution in [0.3, 0.4) is 0 Å². The van der Waals surface area contributed by atoms with Crippen molar-refractivity contribution in [2.24, 2.45) is 0 Å². The zero-order valence-corrected chi connectivity index (χ0v) is 16.9. The van der Waals surface area contributed by atoms with Crippen LogP contribution >= 0.6 is 31.9 Å². The summed E-state index contributed by atoms with van der Waals surface area (Å²) in [6.07, 6.45) is 5.14. The predicted molar refractivity (Wildman–Crippen MR) is 108 cm³/mol. The van der Waals surface area contributed by atoms with Crippen molar-refractivity contribution in [1.82, 2.24) is 10.6 Å². The molecule has 0 aromatic heterocycles. The molecule has 1 aliphatic carbocycles. The van der Waals surface area contributed by atoms with Gasteiger partial charge in [0, 0.05) is 34.1 Å². The lowest BCUT2D eigenvalue weighted by atomic mass is 9.90. The highest BCUT2D eigenvalue weighted by atomic mass is 79.9. The number of benzene rings is 2. The molecule has 2 atom stereocenters. The molecule has 0 amide bonds. The Kier molecular flexibility index (Phi) is 6.90. The van der Waals surface area contributed by atoms with E-state index in [9.17, 15) is 0 Å². The van der Waals surface area contributed by atoms with Crippen molar-refractivity contribution in [3.63, 3.8) is 0 Å². The highest BCUT2D eigenvalue weighted by molar-refractivity contribution is 9.10. The zero-order chi connectivity index (χ0) is 16.8. The third kappa shape index (κ3) is 4.92. The Morgan fingerprint density at radius 3 is 1.54 bits per heavy atom. The van der Waals surface area contributed by atoms with E-state index >= 15 is 0 Å². The lowest BCUT2D eigenvalue weighted by Crippen LogP contribution is -2.49. The molecule has 24 heavy (non-hydrogen) atoms. The molecule has 4 heteroatoms. The Bertz CT molecular complexity index is 602. The summed E-state index contributed by atoms with van der Waals surface area (Å²) in [5, 5.41) is 7.55. The minimum absolute atomic E-state index is 0.536. The first-order valence-corrected chi connectivity index (χ1v) is 10.3. The molecule has 0 bridgehead atoms. The third-order valence-electron chi connectivity index (χ3n) is 4.79. The molecule has 1 aliphatic rings. The summed E-state index contributed by atoms with van der Waals surface area (Å²) in [6, 6.07) is 18.0. The second kappa shape index (κ2) is 9.14. The van der Waals surface area contributed by atoms with E-state index in [0.717, 1.165) is 13.1 Å². The van der Waals surface area contributed by atoms with Crippen LogP contribution in [0.2, 0.25) is 0 Å². The maximum Gasteiger partial charge on any atom is 0.0224 e. The first kappa shape index (κ1) is 18.1. The Labute approximate surface area is 161 Å². The first-order chi connectivity index (χ1) is 11.7. The molecule has 0 saturated heterocycles. The van der Waals surface area contributed by atoms with Crippen LogP contribution in [0.25, 0.3) is 0 Å². The average Bonchev–Trinajstić information content (AvgIpc) is 2.61. The van der Waals surface area contributed by atoms with Crippen molar-refractivity contribution in [3.8, 4) is 0 Å². The molecule has 3 rings (SSSR count). The maximum absolute atomic E-state index is 3.78. The molecule has 0 spiro atoms. The van der Waals surface area contributed by atoms with Crippen molar-refractivity contribution in [3.05, 3.63) is 68.6 Å². The summed E-state index contributed by atoms with van der Waals surface area (Å²) >= 11 is 7.29. The largest absolute Gasteiger partial charge is 0.308 e. The first-order valence-electron chi connectivity index (χ1n) is 8.67. The van der Waals surface area contributed by atoms with Gasteiger partial charge in [0.25, 0.3) is 0 Å². The highest BCUT2D eigenvalue weighted by Gasteiger charge is 2.24. The van der Waals surface area contributed by atoms with Gasteiger partial charge >= 0.3 is 0 Å². The van der Waals surface area contributed by atoms with E-state index in [-0.39, 0.29) is 0 Å². The van der Waals surface area contributed by atoms with Crippen molar-refractivity contribution in [1.29, 1.82) is 0 Å². The summed E-state index contributed by atoms with van der Waals surface area (Å²) < 4.78 is 2.37. The van der Waals surface area contributed by atoms with Gasteiger partial charge in [-0.1, -0.05) is 81.1 Å². The molecule has 0 heterocycles. The molecule has 0 aliphatic heterocycles. The molecular formula is C20H24Br2N2. The molecule has 2 aromatic rings. The van der Waals surface area contributed by atoms with Gasteiger partial charge in [0.1, 0.15) is 0 Å². The van der Waals surface area contributed by atoms with Crippen LogP contribution in [0.4, 0.5) is 0 Å². The van der Waals surface area contributed by atoms with Crippen molar-refractivity contribution in [2.45, 2.75) is 50.9 Å². The molecule has 0 unspecified atom stereocenters. The minimum Gasteiger partial charge on any atom is -0.308 e. The van der Waals surface area contributed by atoms with E-state index in [4.69, 9.17) is 0 Å². The maximum atomic E-state index is 3.78. The van der Waals surface area contributed by atoms with Gasteiger partial charge in [-0.2, -0.15) is 0 Å². The second-order valence-electron chi connectivity index (χ2n) is 6.44. The number of hydrogen-bond acceptors (Lipinski definition) is 2. The summed E-state index contributed by atoms with van der Waals surface area (Å²) in [5.74, 6) is 0. The SMILES string of the molecule is Brc1ccccc1CN[C@@H]1CCCC[C@H]1NCc1ccccc1Br. The van der Waals surface area contributed by atoms with Gasteiger partial charge in [-0.05, 0) is 36.1 Å². The topological polar surface area (TPSA) is 24.1 Å². The molecule has 1 saturated carbocycles. The Balaban J connectivity index is 1.57. The van der Waals surface area contributed by atoms with Gasteiger partial charge in [-0.15, -0.1) is 0 Å². The molecular weight excluding hydrogens is 428 g/mol. The number of hydrogen-bond donors (Lipinski definition) is 2. The summed E-state index contributed by atoms with van der Waals surface area (Å²) in [6.45, 7) is 1.83. The van der Waals surface area contributed by atoms with E-state index in [1.54, 1.807) is 0 Å². The number of nitrogens with one attached hydrogen (secondary N) is 2. The third-order valence-corrected chi connectivity index (χ3v) is 6.34. The van der Waals surface area contributed by atoms with Crippen LogP contribution in [-0.4, -0.2) is 12.1 Å². The summed E-state index contributed by atoms with van der Waals surface area (Å²) in [4.78, 5) is 0. The van der Waals surface area contributed by atoms with Gasteiger partial charge in [0.05, 0.1) is 0 Å². The highest BCUT2D eigenvalue weighted by Crippen LogP contribution is 2.22. The Hall–Kier alpha value is -0.680. The average molecular weight is 452 g/mol. The minimum atomic E-state index is 0.536. The van der Waals surface area contributed by atoms with Crippen molar-refractivity contribution >= 4 is 31.9 Å². The van der Waals surface area contributed by atoms with E-state index in [1.165, 1.54) is 45.8 Å². The fourth-order valence-electron chi connectivity index (χ4n) is 3.39. The Morgan fingerprint density at radius 2 is 1.12 bits per heavy atom. The molecule has 2 aromatic carbocycles. The van der Waals surface area contributed by atoms with Crippen molar-refractivity contribution < 1.29 is 0 Å². The van der Waals surface area contributed by atoms with Crippen LogP contribution in [0, 0.1) is 0 Å². The van der Waals surface area contributed by atoms with E-state index < -0.39 is 0 Å². The molecule has 2 nitrogen and oxygen atoms in total. The van der Waals surface area contributed by atoms with E-state index in [2.05, 4.69) is 91.0 Å².